The molecular weight excluding hydrogens is 331 g/mol. The summed E-state index contributed by atoms with van der Waals surface area (Å²) in [4.78, 5) is 0. The molecule has 4 aromatic carbocycles. The van der Waals surface area contributed by atoms with Crippen LogP contribution in [0, 0.1) is 0 Å². The Kier molecular flexibility index (Phi) is 3.84. The molecule has 0 bridgehead atoms. The highest BCUT2D eigenvalue weighted by atomic mass is 31.1. The molecule has 0 saturated heterocycles. The zero-order valence-corrected chi connectivity index (χ0v) is 16.3. The van der Waals surface area contributed by atoms with Gasteiger partial charge < -0.3 is 0 Å². The van der Waals surface area contributed by atoms with Gasteiger partial charge in [-0.05, 0) is 61.8 Å². The van der Waals surface area contributed by atoms with Crippen molar-refractivity contribution in [2.45, 2.75) is 31.8 Å². The predicted octanol–water partition coefficient (Wildman–Crippen LogP) is 7.56. The van der Waals surface area contributed by atoms with Crippen LogP contribution in [0.15, 0.2) is 72.8 Å². The van der Waals surface area contributed by atoms with E-state index in [0.717, 1.165) is 5.66 Å². The van der Waals surface area contributed by atoms with Gasteiger partial charge in [-0.15, -0.1) is 0 Å². The molecule has 0 fully saturated rings. The second kappa shape index (κ2) is 6.22. The molecule has 0 aromatic heterocycles. The largest absolute Gasteiger partial charge is 0.0951 e. The van der Waals surface area contributed by atoms with Gasteiger partial charge in [0.1, 0.15) is 0 Å². The van der Waals surface area contributed by atoms with E-state index < -0.39 is 0 Å². The van der Waals surface area contributed by atoms with Gasteiger partial charge in [0, 0.05) is 0 Å². The van der Waals surface area contributed by atoms with Crippen molar-refractivity contribution in [3.8, 4) is 11.1 Å². The Morgan fingerprint density at radius 1 is 0.615 bits per heavy atom. The molecule has 0 unspecified atom stereocenters. The quantitative estimate of drug-likeness (QED) is 0.309. The van der Waals surface area contributed by atoms with Crippen LogP contribution in [0.2, 0.25) is 0 Å². The fourth-order valence-electron chi connectivity index (χ4n) is 4.35. The summed E-state index contributed by atoms with van der Waals surface area (Å²) in [6.07, 6.45) is 2.46. The van der Waals surface area contributed by atoms with Crippen molar-refractivity contribution >= 4 is 29.5 Å². The first kappa shape index (κ1) is 16.0. The molecule has 0 nitrogen and oxygen atoms in total. The van der Waals surface area contributed by atoms with E-state index in [9.17, 15) is 0 Å². The topological polar surface area (TPSA) is 0 Å². The smallest absolute Gasteiger partial charge is 0.00606 e. The molecule has 0 atom stereocenters. The molecule has 5 rings (SSSR count). The lowest BCUT2D eigenvalue weighted by Gasteiger charge is -2.20. The van der Waals surface area contributed by atoms with E-state index in [1.54, 1.807) is 11.1 Å². The van der Waals surface area contributed by atoms with Crippen molar-refractivity contribution in [3.63, 3.8) is 0 Å². The van der Waals surface area contributed by atoms with Gasteiger partial charge in [0.15, 0.2) is 0 Å². The van der Waals surface area contributed by atoms with E-state index >= 15 is 0 Å². The van der Waals surface area contributed by atoms with Crippen LogP contribution in [0.3, 0.4) is 0 Å². The van der Waals surface area contributed by atoms with Crippen LogP contribution in [0.5, 0.6) is 0 Å². The Bertz CT molecular complexity index is 1040. The SMILES string of the molecule is CC(C)P1Cc2ccc3ccccc3c2-c2c(ccc3ccccc23)C1. The summed E-state index contributed by atoms with van der Waals surface area (Å²) < 4.78 is 0. The summed E-state index contributed by atoms with van der Waals surface area (Å²) in [6.45, 7) is 4.80. The van der Waals surface area contributed by atoms with Crippen LogP contribution in [0.1, 0.15) is 25.0 Å². The highest BCUT2D eigenvalue weighted by Gasteiger charge is 2.25. The van der Waals surface area contributed by atoms with Crippen molar-refractivity contribution in [2.24, 2.45) is 0 Å². The first-order chi connectivity index (χ1) is 12.7. The van der Waals surface area contributed by atoms with Crippen molar-refractivity contribution in [3.05, 3.63) is 83.9 Å². The van der Waals surface area contributed by atoms with Crippen molar-refractivity contribution in [1.82, 2.24) is 0 Å². The Morgan fingerprint density at radius 3 is 1.54 bits per heavy atom. The molecule has 0 spiro atoms. The summed E-state index contributed by atoms with van der Waals surface area (Å²) in [7, 11) is -0.0413. The standard InChI is InChI=1S/C25H23P/c1-17(2)26-15-20-13-11-18-7-3-5-9-22(18)24(20)25-21(16-26)14-12-19-8-4-6-10-23(19)25/h3-14,17H,15-16H2,1-2H3. The third-order valence-electron chi connectivity index (χ3n) is 5.76. The van der Waals surface area contributed by atoms with Gasteiger partial charge in [-0.1, -0.05) is 94.6 Å². The summed E-state index contributed by atoms with van der Waals surface area (Å²) in [5.41, 5.74) is 6.81. The molecule has 1 heterocycles. The summed E-state index contributed by atoms with van der Waals surface area (Å²) in [5.74, 6) is 0. The predicted molar refractivity (Wildman–Crippen MR) is 116 cm³/mol. The van der Waals surface area contributed by atoms with Crippen molar-refractivity contribution in [1.29, 1.82) is 0 Å². The highest BCUT2D eigenvalue weighted by Crippen LogP contribution is 2.55. The van der Waals surface area contributed by atoms with Gasteiger partial charge >= 0.3 is 0 Å². The minimum absolute atomic E-state index is 0.0413. The maximum absolute atomic E-state index is 2.40. The molecule has 0 radical (unpaired) electrons. The number of rotatable bonds is 1. The van der Waals surface area contributed by atoms with E-state index in [-0.39, 0.29) is 7.92 Å². The first-order valence-electron chi connectivity index (χ1n) is 9.48. The van der Waals surface area contributed by atoms with Crippen LogP contribution in [0.25, 0.3) is 32.7 Å². The summed E-state index contributed by atoms with van der Waals surface area (Å²) >= 11 is 0. The second-order valence-electron chi connectivity index (χ2n) is 7.64. The van der Waals surface area contributed by atoms with Gasteiger partial charge in [-0.3, -0.25) is 0 Å². The molecule has 1 heteroatoms. The fourth-order valence-corrected chi connectivity index (χ4v) is 6.59. The Balaban J connectivity index is 1.94. The van der Waals surface area contributed by atoms with E-state index in [0.29, 0.717) is 0 Å². The van der Waals surface area contributed by atoms with Gasteiger partial charge in [0.05, 0.1) is 0 Å². The monoisotopic (exact) mass is 354 g/mol. The van der Waals surface area contributed by atoms with Crippen LogP contribution in [-0.2, 0) is 12.3 Å². The van der Waals surface area contributed by atoms with Gasteiger partial charge in [-0.25, -0.2) is 0 Å². The highest BCUT2D eigenvalue weighted by molar-refractivity contribution is 7.56. The maximum atomic E-state index is 2.40. The molecule has 1 aliphatic rings. The third-order valence-corrected chi connectivity index (χ3v) is 8.71. The number of hydrogen-bond acceptors (Lipinski definition) is 0. The van der Waals surface area contributed by atoms with Gasteiger partial charge in [0.25, 0.3) is 0 Å². The van der Waals surface area contributed by atoms with E-state index in [1.807, 2.05) is 0 Å². The van der Waals surface area contributed by atoms with Crippen LogP contribution >= 0.6 is 7.92 Å². The maximum Gasteiger partial charge on any atom is -0.00606 e. The third kappa shape index (κ3) is 2.48. The Morgan fingerprint density at radius 2 is 1.08 bits per heavy atom. The zero-order valence-electron chi connectivity index (χ0n) is 15.4. The second-order valence-corrected chi connectivity index (χ2v) is 10.5. The van der Waals surface area contributed by atoms with E-state index in [1.165, 1.54) is 45.0 Å². The number of fused-ring (bicyclic) bond motifs is 7. The lowest BCUT2D eigenvalue weighted by atomic mass is 9.88. The molecule has 0 saturated carbocycles. The number of benzene rings is 4. The molecular formula is C25H23P. The minimum Gasteiger partial charge on any atom is -0.0951 e. The molecule has 0 N–H and O–H groups in total. The summed E-state index contributed by atoms with van der Waals surface area (Å²) in [5, 5.41) is 5.51. The van der Waals surface area contributed by atoms with Gasteiger partial charge in [0.2, 0.25) is 0 Å². The average Bonchev–Trinajstić information content (AvgIpc) is 2.85. The average molecular weight is 354 g/mol. The molecule has 0 amide bonds. The number of hydrogen-bond donors (Lipinski definition) is 0. The normalized spacial score (nSPS) is 14.4. The molecule has 26 heavy (non-hydrogen) atoms. The van der Waals surface area contributed by atoms with Crippen LogP contribution in [-0.4, -0.2) is 5.66 Å². The van der Waals surface area contributed by atoms with E-state index in [4.69, 9.17) is 0 Å². The van der Waals surface area contributed by atoms with Crippen molar-refractivity contribution in [2.75, 3.05) is 0 Å². The van der Waals surface area contributed by atoms with Gasteiger partial charge in [-0.2, -0.15) is 0 Å². The summed E-state index contributed by atoms with van der Waals surface area (Å²) in [6, 6.07) is 27.2. The lowest BCUT2D eigenvalue weighted by Crippen LogP contribution is -1.97. The van der Waals surface area contributed by atoms with Crippen molar-refractivity contribution < 1.29 is 0 Å². The molecule has 4 aromatic rings. The molecule has 0 aliphatic carbocycles. The molecule has 128 valence electrons. The van der Waals surface area contributed by atoms with Crippen LogP contribution < -0.4 is 0 Å². The fraction of sp³-hybridized carbons (Fsp3) is 0.200. The minimum atomic E-state index is -0.0413. The molecule has 1 aliphatic heterocycles. The Labute approximate surface area is 156 Å². The Hall–Kier alpha value is -2.17. The first-order valence-corrected chi connectivity index (χ1v) is 11.3. The zero-order chi connectivity index (χ0) is 17.7. The van der Waals surface area contributed by atoms with Crippen LogP contribution in [0.4, 0.5) is 0 Å². The lowest BCUT2D eigenvalue weighted by molar-refractivity contribution is 1.07. The van der Waals surface area contributed by atoms with E-state index in [2.05, 4.69) is 86.6 Å².